The summed E-state index contributed by atoms with van der Waals surface area (Å²) in [5.41, 5.74) is 0.527. The summed E-state index contributed by atoms with van der Waals surface area (Å²) in [6.07, 6.45) is 2.14. The number of hydrogen-bond donors (Lipinski definition) is 1. The molecule has 6 nitrogen and oxygen atoms in total. The zero-order chi connectivity index (χ0) is 13.3. The first-order valence-electron chi connectivity index (χ1n) is 5.91. The van der Waals surface area contributed by atoms with E-state index in [1.54, 1.807) is 6.20 Å². The van der Waals surface area contributed by atoms with Crippen LogP contribution in [0.4, 0.5) is 0 Å². The summed E-state index contributed by atoms with van der Waals surface area (Å²) >= 11 is 0. The molecule has 1 N–H and O–H groups in total. The van der Waals surface area contributed by atoms with Crippen LogP contribution in [0.2, 0.25) is 0 Å². The molecule has 0 spiro atoms. The summed E-state index contributed by atoms with van der Waals surface area (Å²) in [5, 5.41) is 6.25. The molecule has 1 aromatic rings. The van der Waals surface area contributed by atoms with Gasteiger partial charge in [0.15, 0.2) is 0 Å². The third-order valence-corrected chi connectivity index (χ3v) is 3.02. The normalized spacial score (nSPS) is 20.1. The van der Waals surface area contributed by atoms with Crippen LogP contribution < -0.4 is 10.9 Å². The topological polar surface area (TPSA) is 81.1 Å². The van der Waals surface area contributed by atoms with Gasteiger partial charge in [0.1, 0.15) is 6.04 Å². The second-order valence-corrected chi connectivity index (χ2v) is 4.69. The summed E-state index contributed by atoms with van der Waals surface area (Å²) in [7, 11) is 0. The van der Waals surface area contributed by atoms with Gasteiger partial charge in [-0.05, 0) is 17.9 Å². The fourth-order valence-corrected chi connectivity index (χ4v) is 1.90. The van der Waals surface area contributed by atoms with Crippen LogP contribution in [0.25, 0.3) is 0 Å². The number of amides is 2. The maximum absolute atomic E-state index is 11.9. The highest BCUT2D eigenvalue weighted by molar-refractivity contribution is 5.99. The Balaban J connectivity index is 2.32. The van der Waals surface area contributed by atoms with Gasteiger partial charge in [-0.1, -0.05) is 13.8 Å². The molecule has 1 fully saturated rings. The Morgan fingerprint density at radius 3 is 2.67 bits per heavy atom. The van der Waals surface area contributed by atoms with E-state index in [0.717, 1.165) is 10.2 Å². The van der Waals surface area contributed by atoms with Crippen LogP contribution in [0.15, 0.2) is 17.1 Å². The molecule has 0 saturated carbocycles. The Bertz CT molecular complexity index is 548. The summed E-state index contributed by atoms with van der Waals surface area (Å²) in [4.78, 5) is 34.6. The lowest BCUT2D eigenvalue weighted by Gasteiger charge is -2.21. The minimum atomic E-state index is -0.684. The SMILES string of the molecule is CC(C)c1cnn(C2CCC(=O)NC2=O)c(=O)c1. The van der Waals surface area contributed by atoms with Crippen molar-refractivity contribution in [2.75, 3.05) is 0 Å². The van der Waals surface area contributed by atoms with E-state index < -0.39 is 11.9 Å². The van der Waals surface area contributed by atoms with Crippen molar-refractivity contribution in [2.45, 2.75) is 38.6 Å². The highest BCUT2D eigenvalue weighted by atomic mass is 16.2. The zero-order valence-corrected chi connectivity index (χ0v) is 10.3. The van der Waals surface area contributed by atoms with Gasteiger partial charge in [0, 0.05) is 12.5 Å². The summed E-state index contributed by atoms with van der Waals surface area (Å²) < 4.78 is 1.15. The van der Waals surface area contributed by atoms with Crippen molar-refractivity contribution in [3.63, 3.8) is 0 Å². The number of carbonyl (C=O) groups is 2. The van der Waals surface area contributed by atoms with Crippen molar-refractivity contribution in [2.24, 2.45) is 0 Å². The van der Waals surface area contributed by atoms with Gasteiger partial charge in [0.05, 0.1) is 6.20 Å². The molecule has 2 heterocycles. The molecule has 1 saturated heterocycles. The fourth-order valence-electron chi connectivity index (χ4n) is 1.90. The van der Waals surface area contributed by atoms with E-state index in [-0.39, 0.29) is 23.8 Å². The summed E-state index contributed by atoms with van der Waals surface area (Å²) in [6, 6.07) is 0.804. The van der Waals surface area contributed by atoms with E-state index >= 15 is 0 Å². The maximum atomic E-state index is 11.9. The third kappa shape index (κ3) is 2.32. The molecule has 1 aromatic heterocycles. The monoisotopic (exact) mass is 249 g/mol. The summed E-state index contributed by atoms with van der Waals surface area (Å²) in [6.45, 7) is 3.93. The first kappa shape index (κ1) is 12.5. The molecule has 1 unspecified atom stereocenters. The van der Waals surface area contributed by atoms with Crippen LogP contribution in [-0.2, 0) is 9.59 Å². The number of hydrogen-bond acceptors (Lipinski definition) is 4. The molecule has 2 amide bonds. The van der Waals surface area contributed by atoms with Crippen molar-refractivity contribution >= 4 is 11.8 Å². The Kier molecular flexibility index (Phi) is 3.27. The van der Waals surface area contributed by atoms with Gasteiger partial charge in [0.2, 0.25) is 5.91 Å². The standard InChI is InChI=1S/C12H15N3O3/c1-7(2)8-5-11(17)15(13-6-8)9-3-4-10(16)14-12(9)18/h5-7,9H,3-4H2,1-2H3,(H,14,16,18). The minimum Gasteiger partial charge on any atom is -0.295 e. The molecule has 6 heteroatoms. The number of carbonyl (C=O) groups excluding carboxylic acids is 2. The predicted octanol–water partition coefficient (Wildman–Crippen LogP) is 0.344. The number of piperidine rings is 1. The molecule has 2 rings (SSSR count). The van der Waals surface area contributed by atoms with E-state index in [2.05, 4.69) is 10.4 Å². The summed E-state index contributed by atoms with van der Waals surface area (Å²) in [5.74, 6) is -0.553. The van der Waals surface area contributed by atoms with E-state index in [4.69, 9.17) is 0 Å². The van der Waals surface area contributed by atoms with E-state index in [0.29, 0.717) is 6.42 Å². The van der Waals surface area contributed by atoms with Crippen LogP contribution in [0, 0.1) is 0 Å². The highest BCUT2D eigenvalue weighted by Crippen LogP contribution is 2.16. The lowest BCUT2D eigenvalue weighted by molar-refractivity contribution is -0.136. The predicted molar refractivity (Wildman–Crippen MR) is 64.0 cm³/mol. The van der Waals surface area contributed by atoms with Gasteiger partial charge < -0.3 is 0 Å². The van der Waals surface area contributed by atoms with Crippen molar-refractivity contribution in [1.82, 2.24) is 15.1 Å². The Morgan fingerprint density at radius 2 is 2.11 bits per heavy atom. The largest absolute Gasteiger partial charge is 0.295 e. The number of nitrogens with zero attached hydrogens (tertiary/aromatic N) is 2. The van der Waals surface area contributed by atoms with Crippen molar-refractivity contribution in [1.29, 1.82) is 0 Å². The van der Waals surface area contributed by atoms with Gasteiger partial charge in [-0.25, -0.2) is 4.68 Å². The molecule has 0 radical (unpaired) electrons. The van der Waals surface area contributed by atoms with Crippen LogP contribution in [0.1, 0.15) is 44.2 Å². The third-order valence-electron chi connectivity index (χ3n) is 3.02. The van der Waals surface area contributed by atoms with E-state index in [1.807, 2.05) is 13.8 Å². The lowest BCUT2D eigenvalue weighted by atomic mass is 10.1. The minimum absolute atomic E-state index is 0.210. The smallest absolute Gasteiger partial charge is 0.267 e. The van der Waals surface area contributed by atoms with Gasteiger partial charge in [-0.3, -0.25) is 19.7 Å². The number of aromatic nitrogens is 2. The highest BCUT2D eigenvalue weighted by Gasteiger charge is 2.29. The van der Waals surface area contributed by atoms with Crippen molar-refractivity contribution in [3.8, 4) is 0 Å². The van der Waals surface area contributed by atoms with E-state index in [1.165, 1.54) is 6.07 Å². The number of rotatable bonds is 2. The molecule has 0 bridgehead atoms. The lowest BCUT2D eigenvalue weighted by Crippen LogP contribution is -2.45. The molecule has 18 heavy (non-hydrogen) atoms. The fraction of sp³-hybridized carbons (Fsp3) is 0.500. The van der Waals surface area contributed by atoms with Crippen LogP contribution >= 0.6 is 0 Å². The average molecular weight is 249 g/mol. The molecule has 1 atom stereocenters. The number of imide groups is 1. The molecule has 1 aliphatic rings. The molecular formula is C12H15N3O3. The van der Waals surface area contributed by atoms with Crippen molar-refractivity contribution < 1.29 is 9.59 Å². The second kappa shape index (κ2) is 4.72. The van der Waals surface area contributed by atoms with Crippen LogP contribution in [0.5, 0.6) is 0 Å². The Hall–Kier alpha value is -1.98. The molecule has 96 valence electrons. The second-order valence-electron chi connectivity index (χ2n) is 4.69. The van der Waals surface area contributed by atoms with Crippen molar-refractivity contribution in [3.05, 3.63) is 28.2 Å². The van der Waals surface area contributed by atoms with Gasteiger partial charge in [0.25, 0.3) is 11.5 Å². The average Bonchev–Trinajstić information content (AvgIpc) is 2.30. The van der Waals surface area contributed by atoms with Crippen LogP contribution in [-0.4, -0.2) is 21.6 Å². The van der Waals surface area contributed by atoms with Gasteiger partial charge >= 0.3 is 0 Å². The molecule has 0 aromatic carbocycles. The molecule has 0 aliphatic carbocycles. The quantitative estimate of drug-likeness (QED) is 0.766. The zero-order valence-electron chi connectivity index (χ0n) is 10.3. The molecule has 1 aliphatic heterocycles. The first-order chi connectivity index (χ1) is 8.49. The Morgan fingerprint density at radius 1 is 1.39 bits per heavy atom. The molecular weight excluding hydrogens is 234 g/mol. The van der Waals surface area contributed by atoms with Crippen LogP contribution in [0.3, 0.4) is 0 Å². The maximum Gasteiger partial charge on any atom is 0.267 e. The van der Waals surface area contributed by atoms with E-state index in [9.17, 15) is 14.4 Å². The van der Waals surface area contributed by atoms with Gasteiger partial charge in [-0.2, -0.15) is 5.10 Å². The Labute approximate surface area is 104 Å². The number of nitrogens with one attached hydrogen (secondary N) is 1. The van der Waals surface area contributed by atoms with Gasteiger partial charge in [-0.15, -0.1) is 0 Å². The first-order valence-corrected chi connectivity index (χ1v) is 5.91.